The summed E-state index contributed by atoms with van der Waals surface area (Å²) in [6.07, 6.45) is 0. The second kappa shape index (κ2) is 5.43. The maximum atomic E-state index is 8.84. The second-order valence-electron chi connectivity index (χ2n) is 4.68. The fraction of sp³-hybridized carbons (Fsp3) is 0.125. The van der Waals surface area contributed by atoms with Crippen LogP contribution in [0.25, 0.3) is 11.0 Å². The molecule has 3 aromatic rings. The average Bonchev–Trinajstić information content (AvgIpc) is 2.84. The average molecular weight is 295 g/mol. The van der Waals surface area contributed by atoms with E-state index in [2.05, 4.69) is 11.1 Å². The Morgan fingerprint density at radius 2 is 2.00 bits per heavy atom. The van der Waals surface area contributed by atoms with Crippen molar-refractivity contribution in [2.24, 2.45) is 0 Å². The summed E-state index contributed by atoms with van der Waals surface area (Å²) in [5.74, 6) is 0.775. The molecule has 4 nitrogen and oxygen atoms in total. The van der Waals surface area contributed by atoms with Crippen LogP contribution < -0.4 is 4.74 Å². The van der Waals surface area contributed by atoms with Crippen LogP contribution in [-0.2, 0) is 6.54 Å². The maximum absolute atomic E-state index is 8.84. The van der Waals surface area contributed by atoms with E-state index in [1.807, 2.05) is 47.0 Å². The number of fused-ring (bicyclic) bond motifs is 1. The molecule has 1 aromatic heterocycles. The van der Waals surface area contributed by atoms with Gasteiger partial charge in [-0.2, -0.15) is 5.26 Å². The smallest absolute Gasteiger partial charge is 0.178 e. The number of imidazole rings is 1. The zero-order valence-electron chi connectivity index (χ0n) is 11.5. The van der Waals surface area contributed by atoms with Gasteiger partial charge < -0.3 is 14.3 Å². The molecule has 0 aliphatic rings. The molecule has 0 saturated carbocycles. The minimum absolute atomic E-state index is 0.651. The fourth-order valence-corrected chi connectivity index (χ4v) is 2.61. The minimum Gasteiger partial charge on any atom is -0.494 e. The van der Waals surface area contributed by atoms with Crippen molar-refractivity contribution < 1.29 is 4.74 Å². The Labute approximate surface area is 127 Å². The molecule has 2 aromatic carbocycles. The van der Waals surface area contributed by atoms with E-state index in [0.717, 1.165) is 22.3 Å². The first-order valence-electron chi connectivity index (χ1n) is 6.47. The van der Waals surface area contributed by atoms with Crippen molar-refractivity contribution in [3.63, 3.8) is 0 Å². The van der Waals surface area contributed by atoms with Gasteiger partial charge in [0.2, 0.25) is 0 Å². The van der Waals surface area contributed by atoms with E-state index >= 15 is 0 Å². The van der Waals surface area contributed by atoms with Gasteiger partial charge >= 0.3 is 0 Å². The molecule has 1 N–H and O–H groups in total. The Balaban J connectivity index is 2.06. The molecule has 5 heteroatoms. The van der Waals surface area contributed by atoms with Gasteiger partial charge in [0.1, 0.15) is 11.3 Å². The normalized spacial score (nSPS) is 10.5. The quantitative estimate of drug-likeness (QED) is 0.751. The number of benzene rings is 2. The highest BCUT2D eigenvalue weighted by atomic mass is 32.1. The van der Waals surface area contributed by atoms with Crippen LogP contribution in [0.5, 0.6) is 5.75 Å². The van der Waals surface area contributed by atoms with Crippen LogP contribution in [-0.4, -0.2) is 16.7 Å². The molecule has 3 rings (SSSR count). The molecule has 0 aliphatic carbocycles. The number of hydrogen-bond acceptors (Lipinski definition) is 3. The highest BCUT2D eigenvalue weighted by molar-refractivity contribution is 7.71. The van der Waals surface area contributed by atoms with E-state index in [9.17, 15) is 0 Å². The van der Waals surface area contributed by atoms with E-state index < -0.39 is 0 Å². The molecule has 0 fully saturated rings. The number of nitriles is 1. The van der Waals surface area contributed by atoms with E-state index in [0.29, 0.717) is 16.9 Å². The van der Waals surface area contributed by atoms with E-state index in [-0.39, 0.29) is 0 Å². The van der Waals surface area contributed by atoms with Crippen LogP contribution in [0.4, 0.5) is 0 Å². The zero-order chi connectivity index (χ0) is 14.8. The Morgan fingerprint density at radius 3 is 2.67 bits per heavy atom. The van der Waals surface area contributed by atoms with Crippen molar-refractivity contribution >= 4 is 23.3 Å². The molecule has 0 aliphatic heterocycles. The van der Waals surface area contributed by atoms with Crippen LogP contribution in [0.1, 0.15) is 11.1 Å². The lowest BCUT2D eigenvalue weighted by Gasteiger charge is -2.06. The number of ether oxygens (including phenoxy) is 1. The van der Waals surface area contributed by atoms with Crippen LogP contribution in [0.15, 0.2) is 42.5 Å². The Bertz CT molecular complexity index is 885. The van der Waals surface area contributed by atoms with Crippen molar-refractivity contribution in [2.45, 2.75) is 6.54 Å². The summed E-state index contributed by atoms with van der Waals surface area (Å²) >= 11 is 5.41. The molecule has 0 spiro atoms. The number of para-hydroxylation sites is 1. The third-order valence-corrected chi connectivity index (χ3v) is 3.74. The monoisotopic (exact) mass is 295 g/mol. The number of nitrogens with zero attached hydrogens (tertiary/aromatic N) is 2. The van der Waals surface area contributed by atoms with Crippen LogP contribution >= 0.6 is 12.2 Å². The molecule has 21 heavy (non-hydrogen) atoms. The molecule has 0 bridgehead atoms. The number of H-pyrrole nitrogens is 1. The predicted octanol–water partition coefficient (Wildman–Crippen LogP) is 3.63. The van der Waals surface area contributed by atoms with E-state index in [1.54, 1.807) is 7.11 Å². The topological polar surface area (TPSA) is 53.7 Å². The Kier molecular flexibility index (Phi) is 3.46. The van der Waals surface area contributed by atoms with Gasteiger partial charge in [0.05, 0.1) is 30.8 Å². The highest BCUT2D eigenvalue weighted by Gasteiger charge is 2.09. The summed E-state index contributed by atoms with van der Waals surface area (Å²) in [5.41, 5.74) is 3.65. The number of methoxy groups -OCH3 is 1. The van der Waals surface area contributed by atoms with Gasteiger partial charge in [0, 0.05) is 0 Å². The summed E-state index contributed by atoms with van der Waals surface area (Å²) in [6.45, 7) is 0.651. The van der Waals surface area contributed by atoms with Crippen molar-refractivity contribution in [2.75, 3.05) is 7.11 Å². The summed E-state index contributed by atoms with van der Waals surface area (Å²) in [5, 5.41) is 8.84. The first-order chi connectivity index (χ1) is 10.2. The summed E-state index contributed by atoms with van der Waals surface area (Å²) < 4.78 is 8.02. The predicted molar refractivity (Wildman–Crippen MR) is 83.9 cm³/mol. The lowest BCUT2D eigenvalue weighted by Crippen LogP contribution is -1.99. The lowest BCUT2D eigenvalue weighted by molar-refractivity contribution is 0.419. The summed E-state index contributed by atoms with van der Waals surface area (Å²) in [4.78, 5) is 3.19. The third-order valence-electron chi connectivity index (χ3n) is 3.42. The largest absolute Gasteiger partial charge is 0.494 e. The maximum Gasteiger partial charge on any atom is 0.178 e. The Hall–Kier alpha value is -2.58. The Morgan fingerprint density at radius 1 is 1.24 bits per heavy atom. The van der Waals surface area contributed by atoms with Gasteiger partial charge in [0.15, 0.2) is 4.77 Å². The second-order valence-corrected chi connectivity index (χ2v) is 5.07. The molecule has 0 saturated heterocycles. The highest BCUT2D eigenvalue weighted by Crippen LogP contribution is 2.25. The first kappa shape index (κ1) is 13.4. The van der Waals surface area contributed by atoms with Crippen molar-refractivity contribution in [3.05, 3.63) is 58.4 Å². The van der Waals surface area contributed by atoms with Crippen LogP contribution in [0.2, 0.25) is 0 Å². The minimum atomic E-state index is 0.651. The summed E-state index contributed by atoms with van der Waals surface area (Å²) in [7, 11) is 1.64. The van der Waals surface area contributed by atoms with Crippen LogP contribution in [0, 0.1) is 16.1 Å². The number of rotatable bonds is 3. The van der Waals surface area contributed by atoms with Gasteiger partial charge in [-0.3, -0.25) is 0 Å². The number of aromatic amines is 1. The van der Waals surface area contributed by atoms with Crippen LogP contribution in [0.3, 0.4) is 0 Å². The van der Waals surface area contributed by atoms with E-state index in [4.69, 9.17) is 22.2 Å². The van der Waals surface area contributed by atoms with Crippen molar-refractivity contribution in [3.8, 4) is 11.8 Å². The molecular weight excluding hydrogens is 282 g/mol. The number of hydrogen-bond donors (Lipinski definition) is 1. The molecule has 1 heterocycles. The van der Waals surface area contributed by atoms with Gasteiger partial charge in [-0.05, 0) is 42.0 Å². The zero-order valence-corrected chi connectivity index (χ0v) is 12.3. The van der Waals surface area contributed by atoms with Gasteiger partial charge in [-0.25, -0.2) is 0 Å². The van der Waals surface area contributed by atoms with Gasteiger partial charge in [-0.1, -0.05) is 18.2 Å². The van der Waals surface area contributed by atoms with Gasteiger partial charge in [0.25, 0.3) is 0 Å². The molecule has 0 radical (unpaired) electrons. The molecule has 0 atom stereocenters. The standard InChI is InChI=1S/C16H13N3OS/c1-20-14-4-2-3-13-15(14)18-16(21)19(13)10-12-7-5-11(9-17)6-8-12/h2-8H,10H2,1H3,(H,18,21). The lowest BCUT2D eigenvalue weighted by atomic mass is 10.1. The SMILES string of the molecule is COc1cccc2c1[nH]c(=S)n2Cc1ccc(C#N)cc1. The fourth-order valence-electron chi connectivity index (χ4n) is 2.35. The van der Waals surface area contributed by atoms with Crippen molar-refractivity contribution in [1.82, 2.24) is 9.55 Å². The van der Waals surface area contributed by atoms with E-state index in [1.165, 1.54) is 0 Å². The third kappa shape index (κ3) is 2.41. The summed E-state index contributed by atoms with van der Waals surface area (Å²) in [6, 6.07) is 15.5. The number of nitrogens with one attached hydrogen (secondary N) is 1. The molecule has 0 unspecified atom stereocenters. The molecular formula is C16H13N3OS. The molecule has 0 amide bonds. The van der Waals surface area contributed by atoms with Crippen molar-refractivity contribution in [1.29, 1.82) is 5.26 Å². The number of aromatic nitrogens is 2. The molecule has 104 valence electrons. The van der Waals surface area contributed by atoms with Gasteiger partial charge in [-0.15, -0.1) is 0 Å². The first-order valence-corrected chi connectivity index (χ1v) is 6.88.